The predicted molar refractivity (Wildman–Crippen MR) is 60.9 cm³/mol. The molecule has 1 saturated heterocycles. The molecule has 92 valence electrons. The lowest BCUT2D eigenvalue weighted by atomic mass is 9.98. The van der Waals surface area contributed by atoms with Gasteiger partial charge in [-0.3, -0.25) is 9.59 Å². The van der Waals surface area contributed by atoms with Gasteiger partial charge in [-0.15, -0.1) is 5.10 Å². The van der Waals surface area contributed by atoms with E-state index < -0.39 is 11.9 Å². The minimum absolute atomic E-state index is 0.150. The fourth-order valence-corrected chi connectivity index (χ4v) is 2.56. The first-order valence-electron chi connectivity index (χ1n) is 5.40. The van der Waals surface area contributed by atoms with Crippen LogP contribution < -0.4 is 0 Å². The summed E-state index contributed by atoms with van der Waals surface area (Å²) >= 11 is 1.06. The van der Waals surface area contributed by atoms with Gasteiger partial charge in [0.1, 0.15) is 4.88 Å². The molecule has 1 fully saturated rings. The second kappa shape index (κ2) is 4.79. The van der Waals surface area contributed by atoms with E-state index in [9.17, 15) is 9.59 Å². The van der Waals surface area contributed by atoms with Crippen molar-refractivity contribution in [3.8, 4) is 0 Å². The lowest BCUT2D eigenvalue weighted by molar-refractivity contribution is -0.143. The SMILES string of the molecule is Cc1nnsc1C(=O)N1CCCC(C(=O)O)C1. The summed E-state index contributed by atoms with van der Waals surface area (Å²) in [6.07, 6.45) is 1.37. The number of carboxylic acids is 1. The fraction of sp³-hybridized carbons (Fsp3) is 0.600. The Labute approximate surface area is 102 Å². The van der Waals surface area contributed by atoms with Gasteiger partial charge in [0, 0.05) is 13.1 Å². The molecule has 1 aromatic heterocycles. The topological polar surface area (TPSA) is 83.4 Å². The normalized spacial score (nSPS) is 20.3. The fourth-order valence-electron chi connectivity index (χ4n) is 1.93. The summed E-state index contributed by atoms with van der Waals surface area (Å²) in [4.78, 5) is 25.1. The Morgan fingerprint density at radius 3 is 2.88 bits per heavy atom. The van der Waals surface area contributed by atoms with Crippen LogP contribution in [-0.4, -0.2) is 44.6 Å². The van der Waals surface area contributed by atoms with Crippen molar-refractivity contribution in [1.29, 1.82) is 0 Å². The van der Waals surface area contributed by atoms with Crippen LogP contribution in [0.15, 0.2) is 0 Å². The number of carboxylic acid groups (broad SMARTS) is 1. The number of piperidine rings is 1. The number of amides is 1. The molecule has 1 aliphatic rings. The molecule has 17 heavy (non-hydrogen) atoms. The summed E-state index contributed by atoms with van der Waals surface area (Å²) in [6, 6.07) is 0. The molecular weight excluding hydrogens is 242 g/mol. The minimum atomic E-state index is -0.832. The zero-order valence-electron chi connectivity index (χ0n) is 9.42. The second-order valence-corrected chi connectivity index (χ2v) is 4.87. The summed E-state index contributed by atoms with van der Waals surface area (Å²) in [6.45, 7) is 2.63. The molecule has 1 atom stereocenters. The van der Waals surface area contributed by atoms with E-state index in [0.717, 1.165) is 18.0 Å². The number of nitrogens with zero attached hydrogens (tertiary/aromatic N) is 3. The molecule has 1 aromatic rings. The maximum atomic E-state index is 12.1. The summed E-state index contributed by atoms with van der Waals surface area (Å²) in [5, 5.41) is 12.8. The monoisotopic (exact) mass is 255 g/mol. The second-order valence-electron chi connectivity index (χ2n) is 4.12. The van der Waals surface area contributed by atoms with Crippen LogP contribution >= 0.6 is 11.5 Å². The highest BCUT2D eigenvalue weighted by molar-refractivity contribution is 7.07. The Bertz CT molecular complexity index is 446. The maximum Gasteiger partial charge on any atom is 0.308 e. The molecule has 1 aliphatic heterocycles. The van der Waals surface area contributed by atoms with Crippen molar-refractivity contribution in [2.24, 2.45) is 5.92 Å². The van der Waals surface area contributed by atoms with Crippen LogP contribution in [-0.2, 0) is 4.79 Å². The van der Waals surface area contributed by atoms with E-state index in [0.29, 0.717) is 23.5 Å². The minimum Gasteiger partial charge on any atom is -0.481 e. The van der Waals surface area contributed by atoms with Crippen molar-refractivity contribution < 1.29 is 14.7 Å². The molecule has 0 bridgehead atoms. The van der Waals surface area contributed by atoms with Crippen molar-refractivity contribution in [1.82, 2.24) is 14.5 Å². The van der Waals surface area contributed by atoms with Gasteiger partial charge in [-0.05, 0) is 31.3 Å². The Balaban J connectivity index is 2.10. The molecule has 0 radical (unpaired) electrons. The Morgan fingerprint density at radius 2 is 2.29 bits per heavy atom. The van der Waals surface area contributed by atoms with Gasteiger partial charge in [0.2, 0.25) is 0 Å². The zero-order valence-corrected chi connectivity index (χ0v) is 10.2. The van der Waals surface area contributed by atoms with Crippen molar-refractivity contribution in [2.45, 2.75) is 19.8 Å². The average molecular weight is 255 g/mol. The van der Waals surface area contributed by atoms with Crippen LogP contribution in [0.2, 0.25) is 0 Å². The molecule has 2 heterocycles. The summed E-state index contributed by atoms with van der Waals surface area (Å²) in [5.74, 6) is -1.43. The van der Waals surface area contributed by atoms with E-state index in [1.807, 2.05) is 0 Å². The Hall–Kier alpha value is -1.50. The number of hydrogen-bond acceptors (Lipinski definition) is 5. The van der Waals surface area contributed by atoms with Crippen LogP contribution in [0.4, 0.5) is 0 Å². The van der Waals surface area contributed by atoms with Crippen LogP contribution in [0.1, 0.15) is 28.2 Å². The highest BCUT2D eigenvalue weighted by Crippen LogP contribution is 2.20. The highest BCUT2D eigenvalue weighted by Gasteiger charge is 2.30. The highest BCUT2D eigenvalue weighted by atomic mass is 32.1. The van der Waals surface area contributed by atoms with E-state index in [1.165, 1.54) is 0 Å². The number of hydrogen-bond donors (Lipinski definition) is 1. The van der Waals surface area contributed by atoms with Crippen molar-refractivity contribution in [3.05, 3.63) is 10.6 Å². The molecule has 2 rings (SSSR count). The Morgan fingerprint density at radius 1 is 1.53 bits per heavy atom. The van der Waals surface area contributed by atoms with Crippen molar-refractivity contribution >= 4 is 23.4 Å². The number of aliphatic carboxylic acids is 1. The van der Waals surface area contributed by atoms with E-state index in [4.69, 9.17) is 5.11 Å². The van der Waals surface area contributed by atoms with Gasteiger partial charge < -0.3 is 10.0 Å². The van der Waals surface area contributed by atoms with Gasteiger partial charge in [-0.2, -0.15) is 0 Å². The van der Waals surface area contributed by atoms with Crippen molar-refractivity contribution in [2.75, 3.05) is 13.1 Å². The van der Waals surface area contributed by atoms with E-state index >= 15 is 0 Å². The number of rotatable bonds is 2. The number of carbonyl (C=O) groups is 2. The molecule has 0 aliphatic carbocycles. The summed E-state index contributed by atoms with van der Waals surface area (Å²) in [7, 11) is 0. The predicted octanol–water partition coefficient (Wildman–Crippen LogP) is 0.783. The molecule has 6 nitrogen and oxygen atoms in total. The molecule has 7 heteroatoms. The summed E-state index contributed by atoms with van der Waals surface area (Å²) in [5.41, 5.74) is 0.609. The van der Waals surface area contributed by atoms with Gasteiger partial charge in [-0.1, -0.05) is 4.49 Å². The number of likely N-dealkylation sites (tertiary alicyclic amines) is 1. The molecule has 1 amide bonds. The van der Waals surface area contributed by atoms with Crippen LogP contribution in [0.3, 0.4) is 0 Å². The molecule has 0 saturated carbocycles. The number of carbonyl (C=O) groups excluding carboxylic acids is 1. The first-order chi connectivity index (χ1) is 8.09. The van der Waals surface area contributed by atoms with Gasteiger partial charge in [0.05, 0.1) is 11.6 Å². The standard InChI is InChI=1S/C10H13N3O3S/c1-6-8(17-12-11-6)9(14)13-4-2-3-7(5-13)10(15)16/h7H,2-5H2,1H3,(H,15,16). The largest absolute Gasteiger partial charge is 0.481 e. The van der Waals surface area contributed by atoms with E-state index in [1.54, 1.807) is 11.8 Å². The molecule has 1 unspecified atom stereocenters. The van der Waals surface area contributed by atoms with Crippen molar-refractivity contribution in [3.63, 3.8) is 0 Å². The lowest BCUT2D eigenvalue weighted by Crippen LogP contribution is -2.42. The first-order valence-corrected chi connectivity index (χ1v) is 6.18. The molecule has 1 N–H and O–H groups in total. The third-order valence-corrected chi connectivity index (χ3v) is 3.72. The van der Waals surface area contributed by atoms with E-state index in [2.05, 4.69) is 9.59 Å². The van der Waals surface area contributed by atoms with Gasteiger partial charge in [-0.25, -0.2) is 0 Å². The molecular formula is C10H13N3O3S. The quantitative estimate of drug-likeness (QED) is 0.844. The third kappa shape index (κ3) is 2.44. The van der Waals surface area contributed by atoms with Crippen LogP contribution in [0.25, 0.3) is 0 Å². The number of aromatic nitrogens is 2. The van der Waals surface area contributed by atoms with Gasteiger partial charge in [0.25, 0.3) is 5.91 Å². The lowest BCUT2D eigenvalue weighted by Gasteiger charge is -2.30. The maximum absolute atomic E-state index is 12.1. The van der Waals surface area contributed by atoms with E-state index in [-0.39, 0.29) is 12.5 Å². The van der Waals surface area contributed by atoms with Gasteiger partial charge >= 0.3 is 5.97 Å². The third-order valence-electron chi connectivity index (χ3n) is 2.90. The smallest absolute Gasteiger partial charge is 0.308 e. The van der Waals surface area contributed by atoms with Crippen LogP contribution in [0.5, 0.6) is 0 Å². The first kappa shape index (κ1) is 12.0. The average Bonchev–Trinajstić information content (AvgIpc) is 2.74. The zero-order chi connectivity index (χ0) is 12.4. The summed E-state index contributed by atoms with van der Waals surface area (Å²) < 4.78 is 3.72. The van der Waals surface area contributed by atoms with Crippen LogP contribution in [0, 0.1) is 12.8 Å². The Kier molecular flexibility index (Phi) is 3.37. The molecule has 0 spiro atoms. The number of aryl methyl sites for hydroxylation is 1. The molecule has 0 aromatic carbocycles. The van der Waals surface area contributed by atoms with Gasteiger partial charge in [0.15, 0.2) is 0 Å².